The van der Waals surface area contributed by atoms with Crippen molar-refractivity contribution >= 4 is 17.0 Å². The normalized spacial score (nSPS) is 13.4. The number of hydrogen-bond acceptors (Lipinski definition) is 4. The van der Waals surface area contributed by atoms with E-state index in [1.165, 1.54) is 4.57 Å². The highest BCUT2D eigenvalue weighted by atomic mass is 16.5. The number of aromatic nitrogens is 1. The van der Waals surface area contributed by atoms with Crippen LogP contribution in [-0.4, -0.2) is 17.6 Å². The maximum atomic E-state index is 12.8. The summed E-state index contributed by atoms with van der Waals surface area (Å²) in [6, 6.07) is 11.9. The number of hydrogen-bond donors (Lipinski definition) is 1. The van der Waals surface area contributed by atoms with E-state index < -0.39 is 11.8 Å². The number of carbonyl (C=O) groups is 1. The molecule has 0 bridgehead atoms. The standard InChI is InChI=1S/C20H22N2O4/c1-12-9-10-17(25-4)15(11-12)13(2)21-19(23)14(3)22-16-7-5-6-8-18(16)26-20(22)24/h5-11,13-14H,1-4H3,(H,21,23). The quantitative estimate of drug-likeness (QED) is 0.762. The molecule has 0 spiro atoms. The number of ether oxygens (including phenoxy) is 1. The first-order valence-electron chi connectivity index (χ1n) is 8.47. The van der Waals surface area contributed by atoms with Crippen LogP contribution in [0.1, 0.15) is 37.1 Å². The lowest BCUT2D eigenvalue weighted by atomic mass is 10.0. The number of fused-ring (bicyclic) bond motifs is 1. The molecule has 0 saturated heterocycles. The first-order chi connectivity index (χ1) is 12.4. The molecular weight excluding hydrogens is 332 g/mol. The van der Waals surface area contributed by atoms with E-state index in [1.54, 1.807) is 38.3 Å². The Labute approximate surface area is 151 Å². The van der Waals surface area contributed by atoms with Gasteiger partial charge in [0.25, 0.3) is 0 Å². The number of benzene rings is 2. The highest BCUT2D eigenvalue weighted by Gasteiger charge is 2.23. The van der Waals surface area contributed by atoms with E-state index in [2.05, 4.69) is 5.32 Å². The smallest absolute Gasteiger partial charge is 0.420 e. The van der Waals surface area contributed by atoms with E-state index in [1.807, 2.05) is 32.0 Å². The van der Waals surface area contributed by atoms with Gasteiger partial charge in [-0.05, 0) is 39.0 Å². The number of oxazole rings is 1. The van der Waals surface area contributed by atoms with Crippen molar-refractivity contribution < 1.29 is 13.9 Å². The molecule has 0 aliphatic carbocycles. The van der Waals surface area contributed by atoms with Gasteiger partial charge in [0.1, 0.15) is 11.8 Å². The number of rotatable bonds is 5. The van der Waals surface area contributed by atoms with Crippen LogP contribution >= 0.6 is 0 Å². The second-order valence-electron chi connectivity index (χ2n) is 6.36. The Hall–Kier alpha value is -3.02. The summed E-state index contributed by atoms with van der Waals surface area (Å²) in [5, 5.41) is 2.96. The minimum atomic E-state index is -0.704. The third kappa shape index (κ3) is 3.22. The molecule has 2 aromatic carbocycles. The molecular formula is C20H22N2O4. The number of aryl methyl sites for hydroxylation is 1. The summed E-state index contributed by atoms with van der Waals surface area (Å²) in [6.07, 6.45) is 0. The fourth-order valence-electron chi connectivity index (χ4n) is 3.07. The minimum Gasteiger partial charge on any atom is -0.496 e. The molecule has 26 heavy (non-hydrogen) atoms. The fourth-order valence-corrected chi connectivity index (χ4v) is 3.07. The Balaban J connectivity index is 1.86. The molecule has 6 heteroatoms. The van der Waals surface area contributed by atoms with Crippen molar-refractivity contribution in [3.63, 3.8) is 0 Å². The first-order valence-corrected chi connectivity index (χ1v) is 8.47. The summed E-state index contributed by atoms with van der Waals surface area (Å²) in [4.78, 5) is 24.9. The van der Waals surface area contributed by atoms with Crippen LogP contribution in [0.4, 0.5) is 0 Å². The van der Waals surface area contributed by atoms with Gasteiger partial charge < -0.3 is 14.5 Å². The maximum Gasteiger partial charge on any atom is 0.420 e. The summed E-state index contributed by atoms with van der Waals surface area (Å²) in [5.41, 5.74) is 3.02. The number of methoxy groups -OCH3 is 1. The summed E-state index contributed by atoms with van der Waals surface area (Å²) < 4.78 is 12.0. The summed E-state index contributed by atoms with van der Waals surface area (Å²) in [7, 11) is 1.60. The Kier molecular flexibility index (Phi) is 4.84. The average Bonchev–Trinajstić information content (AvgIpc) is 2.96. The molecule has 1 aromatic heterocycles. The predicted octanol–water partition coefficient (Wildman–Crippen LogP) is 3.35. The molecule has 2 unspecified atom stereocenters. The van der Waals surface area contributed by atoms with Crippen LogP contribution in [0.3, 0.4) is 0 Å². The van der Waals surface area contributed by atoms with E-state index in [-0.39, 0.29) is 11.9 Å². The lowest BCUT2D eigenvalue weighted by Gasteiger charge is -2.20. The summed E-state index contributed by atoms with van der Waals surface area (Å²) in [6.45, 7) is 5.55. The number of para-hydroxylation sites is 2. The molecule has 0 aliphatic heterocycles. The molecule has 0 aliphatic rings. The Morgan fingerprint density at radius 1 is 1.19 bits per heavy atom. The van der Waals surface area contributed by atoms with Crippen molar-refractivity contribution in [2.75, 3.05) is 7.11 Å². The van der Waals surface area contributed by atoms with Gasteiger partial charge in [-0.1, -0.05) is 29.8 Å². The molecule has 3 rings (SSSR count). The predicted molar refractivity (Wildman–Crippen MR) is 99.5 cm³/mol. The molecule has 136 valence electrons. The van der Waals surface area contributed by atoms with Crippen LogP contribution in [0.5, 0.6) is 5.75 Å². The maximum absolute atomic E-state index is 12.8. The van der Waals surface area contributed by atoms with E-state index in [0.29, 0.717) is 16.8 Å². The number of nitrogens with zero attached hydrogens (tertiary/aromatic N) is 1. The van der Waals surface area contributed by atoms with Crippen LogP contribution in [0.2, 0.25) is 0 Å². The van der Waals surface area contributed by atoms with Gasteiger partial charge in [-0.3, -0.25) is 9.36 Å². The zero-order valence-electron chi connectivity index (χ0n) is 15.3. The topological polar surface area (TPSA) is 73.5 Å². The van der Waals surface area contributed by atoms with Crippen LogP contribution < -0.4 is 15.8 Å². The molecule has 1 N–H and O–H groups in total. The Morgan fingerprint density at radius 2 is 1.92 bits per heavy atom. The third-order valence-corrected chi connectivity index (χ3v) is 4.50. The Bertz CT molecular complexity index is 1000. The van der Waals surface area contributed by atoms with Gasteiger partial charge in [0.15, 0.2) is 5.58 Å². The molecule has 3 aromatic rings. The first kappa shape index (κ1) is 17.8. The average molecular weight is 354 g/mol. The highest BCUT2D eigenvalue weighted by molar-refractivity contribution is 5.83. The monoisotopic (exact) mass is 354 g/mol. The number of nitrogens with one attached hydrogen (secondary N) is 1. The second-order valence-corrected chi connectivity index (χ2v) is 6.36. The summed E-state index contributed by atoms with van der Waals surface area (Å²) in [5.74, 6) is -0.105. The molecule has 1 amide bonds. The van der Waals surface area contributed by atoms with Gasteiger partial charge in [0.2, 0.25) is 5.91 Å². The largest absolute Gasteiger partial charge is 0.496 e. The molecule has 0 saturated carbocycles. The zero-order chi connectivity index (χ0) is 18.8. The van der Waals surface area contributed by atoms with Crippen molar-refractivity contribution in [3.8, 4) is 5.75 Å². The van der Waals surface area contributed by atoms with E-state index in [0.717, 1.165) is 11.1 Å². The van der Waals surface area contributed by atoms with Crippen molar-refractivity contribution in [1.82, 2.24) is 9.88 Å². The molecule has 0 fully saturated rings. The van der Waals surface area contributed by atoms with Crippen molar-refractivity contribution in [3.05, 3.63) is 64.1 Å². The van der Waals surface area contributed by atoms with Crippen molar-refractivity contribution in [1.29, 1.82) is 0 Å². The second kappa shape index (κ2) is 7.07. The van der Waals surface area contributed by atoms with Gasteiger partial charge in [0.05, 0.1) is 18.7 Å². The van der Waals surface area contributed by atoms with E-state index in [9.17, 15) is 9.59 Å². The van der Waals surface area contributed by atoms with Crippen LogP contribution in [0.25, 0.3) is 11.1 Å². The third-order valence-electron chi connectivity index (χ3n) is 4.50. The molecule has 0 radical (unpaired) electrons. The highest BCUT2D eigenvalue weighted by Crippen LogP contribution is 2.26. The van der Waals surface area contributed by atoms with Crippen LogP contribution in [0, 0.1) is 6.92 Å². The minimum absolute atomic E-state index is 0.269. The van der Waals surface area contributed by atoms with Gasteiger partial charge in [-0.15, -0.1) is 0 Å². The molecule has 1 heterocycles. The van der Waals surface area contributed by atoms with Crippen LogP contribution in [-0.2, 0) is 4.79 Å². The van der Waals surface area contributed by atoms with Crippen molar-refractivity contribution in [2.24, 2.45) is 0 Å². The van der Waals surface area contributed by atoms with Gasteiger partial charge in [-0.25, -0.2) is 4.79 Å². The Morgan fingerprint density at radius 3 is 2.65 bits per heavy atom. The fraction of sp³-hybridized carbons (Fsp3) is 0.300. The lowest BCUT2D eigenvalue weighted by molar-refractivity contribution is -0.124. The van der Waals surface area contributed by atoms with Gasteiger partial charge in [0, 0.05) is 5.56 Å². The lowest BCUT2D eigenvalue weighted by Crippen LogP contribution is -2.36. The van der Waals surface area contributed by atoms with Gasteiger partial charge in [-0.2, -0.15) is 0 Å². The molecule has 2 atom stereocenters. The van der Waals surface area contributed by atoms with E-state index in [4.69, 9.17) is 9.15 Å². The van der Waals surface area contributed by atoms with E-state index >= 15 is 0 Å². The summed E-state index contributed by atoms with van der Waals surface area (Å²) >= 11 is 0. The van der Waals surface area contributed by atoms with Crippen molar-refractivity contribution in [2.45, 2.75) is 32.9 Å². The molecule has 6 nitrogen and oxygen atoms in total. The van der Waals surface area contributed by atoms with Crippen LogP contribution in [0.15, 0.2) is 51.7 Å². The number of carbonyl (C=O) groups excluding carboxylic acids is 1. The zero-order valence-corrected chi connectivity index (χ0v) is 15.3. The number of amides is 1. The SMILES string of the molecule is COc1ccc(C)cc1C(C)NC(=O)C(C)n1c(=O)oc2ccccc21. The van der Waals surface area contributed by atoms with Gasteiger partial charge >= 0.3 is 5.76 Å².